The average molecular weight is 527 g/mol. The highest BCUT2D eigenvalue weighted by molar-refractivity contribution is 6.19. The Kier molecular flexibility index (Phi) is 5.69. The van der Waals surface area contributed by atoms with Gasteiger partial charge in [0.15, 0.2) is 0 Å². The van der Waals surface area contributed by atoms with Gasteiger partial charge in [0, 0.05) is 47.8 Å². The van der Waals surface area contributed by atoms with Gasteiger partial charge in [0.2, 0.25) is 0 Å². The Labute approximate surface area is 222 Å². The van der Waals surface area contributed by atoms with E-state index >= 15 is 0 Å². The minimum Gasteiger partial charge on any atom is -0.508 e. The number of pyridine rings is 1. The number of aromatic nitrogens is 2. The quantitative estimate of drug-likeness (QED) is 0.270. The van der Waals surface area contributed by atoms with Gasteiger partial charge in [-0.25, -0.2) is 4.98 Å². The van der Waals surface area contributed by atoms with Crippen LogP contribution in [0.25, 0.3) is 16.4 Å². The maximum Gasteiger partial charge on any atom is 0.278 e. The van der Waals surface area contributed by atoms with Crippen LogP contribution >= 0.6 is 11.6 Å². The SMILES string of the molecule is Cc1cccc2c(O)cc3c(c12)C(CCl)CN3C(=O)c1cn2cc(NC(=O)c3ccc(O)cc3)ccc2n1. The summed E-state index contributed by atoms with van der Waals surface area (Å²) >= 11 is 6.35. The monoisotopic (exact) mass is 526 g/mol. The van der Waals surface area contributed by atoms with Crippen molar-refractivity contribution in [2.24, 2.45) is 0 Å². The molecule has 0 saturated carbocycles. The lowest BCUT2D eigenvalue weighted by Gasteiger charge is -2.17. The molecule has 9 heteroatoms. The summed E-state index contributed by atoms with van der Waals surface area (Å²) in [5, 5.41) is 24.7. The third kappa shape index (κ3) is 3.90. The Bertz CT molecular complexity index is 1750. The highest BCUT2D eigenvalue weighted by Crippen LogP contribution is 2.46. The van der Waals surface area contributed by atoms with Crippen molar-refractivity contribution in [3.05, 3.63) is 95.4 Å². The van der Waals surface area contributed by atoms with Crippen LogP contribution in [0.5, 0.6) is 11.5 Å². The first-order chi connectivity index (χ1) is 18.3. The lowest BCUT2D eigenvalue weighted by atomic mass is 9.92. The Morgan fingerprint density at radius 3 is 2.63 bits per heavy atom. The number of rotatable bonds is 4. The molecular weight excluding hydrogens is 504 g/mol. The third-order valence-corrected chi connectivity index (χ3v) is 7.33. The fourth-order valence-corrected chi connectivity index (χ4v) is 5.39. The molecule has 2 amide bonds. The molecule has 5 aromatic rings. The van der Waals surface area contributed by atoms with E-state index < -0.39 is 0 Å². The van der Waals surface area contributed by atoms with E-state index in [0.717, 1.165) is 21.9 Å². The molecule has 38 heavy (non-hydrogen) atoms. The number of halogens is 1. The number of phenols is 2. The van der Waals surface area contributed by atoms with Crippen LogP contribution in [-0.2, 0) is 0 Å². The van der Waals surface area contributed by atoms with Crippen LogP contribution in [0.3, 0.4) is 0 Å². The fraction of sp³-hybridized carbons (Fsp3) is 0.138. The fourth-order valence-electron chi connectivity index (χ4n) is 5.14. The van der Waals surface area contributed by atoms with Crippen LogP contribution in [0.15, 0.2) is 73.1 Å². The highest BCUT2D eigenvalue weighted by atomic mass is 35.5. The Hall–Kier alpha value is -4.56. The van der Waals surface area contributed by atoms with E-state index in [1.807, 2.05) is 25.1 Å². The number of carbonyl (C=O) groups is 2. The molecule has 0 radical (unpaired) electrons. The van der Waals surface area contributed by atoms with Crippen molar-refractivity contribution in [2.45, 2.75) is 12.8 Å². The molecule has 190 valence electrons. The van der Waals surface area contributed by atoms with Crippen molar-refractivity contribution in [3.8, 4) is 11.5 Å². The van der Waals surface area contributed by atoms with E-state index in [2.05, 4.69) is 10.3 Å². The molecule has 0 fully saturated rings. The number of benzene rings is 3. The minimum absolute atomic E-state index is 0.0788. The van der Waals surface area contributed by atoms with Gasteiger partial charge in [-0.3, -0.25) is 9.59 Å². The van der Waals surface area contributed by atoms with Crippen molar-refractivity contribution < 1.29 is 19.8 Å². The Morgan fingerprint density at radius 2 is 1.87 bits per heavy atom. The molecule has 0 bridgehead atoms. The summed E-state index contributed by atoms with van der Waals surface area (Å²) in [5.74, 6) is -0.193. The number of aromatic hydroxyl groups is 2. The number of amides is 2. The van der Waals surface area contributed by atoms with E-state index in [9.17, 15) is 19.8 Å². The first kappa shape index (κ1) is 23.8. The number of hydrogen-bond acceptors (Lipinski definition) is 5. The van der Waals surface area contributed by atoms with Crippen LogP contribution in [-0.4, -0.2) is 43.8 Å². The van der Waals surface area contributed by atoms with Gasteiger partial charge in [-0.1, -0.05) is 18.2 Å². The lowest BCUT2D eigenvalue weighted by Crippen LogP contribution is -2.30. The first-order valence-electron chi connectivity index (χ1n) is 12.1. The number of anilines is 2. The molecule has 8 nitrogen and oxygen atoms in total. The molecule has 1 unspecified atom stereocenters. The predicted molar refractivity (Wildman–Crippen MR) is 147 cm³/mol. The average Bonchev–Trinajstić information content (AvgIpc) is 3.50. The van der Waals surface area contributed by atoms with Gasteiger partial charge in [-0.05, 0) is 59.8 Å². The van der Waals surface area contributed by atoms with E-state index in [1.54, 1.807) is 39.9 Å². The van der Waals surface area contributed by atoms with E-state index in [0.29, 0.717) is 35.0 Å². The molecule has 3 N–H and O–H groups in total. The zero-order valence-electron chi connectivity index (χ0n) is 20.4. The molecule has 3 heterocycles. The molecule has 3 aromatic carbocycles. The summed E-state index contributed by atoms with van der Waals surface area (Å²) in [4.78, 5) is 32.4. The summed E-state index contributed by atoms with van der Waals surface area (Å²) in [7, 11) is 0. The van der Waals surface area contributed by atoms with Crippen molar-refractivity contribution in [1.29, 1.82) is 0 Å². The second kappa shape index (κ2) is 9.08. The number of alkyl halides is 1. The molecule has 2 aromatic heterocycles. The maximum absolute atomic E-state index is 13.7. The molecule has 1 aliphatic rings. The molecule has 1 atom stereocenters. The zero-order valence-corrected chi connectivity index (χ0v) is 21.1. The maximum atomic E-state index is 13.7. The minimum atomic E-state index is -0.330. The molecular formula is C29H23ClN4O4. The van der Waals surface area contributed by atoms with Gasteiger partial charge >= 0.3 is 0 Å². The first-order valence-corrected chi connectivity index (χ1v) is 12.6. The van der Waals surface area contributed by atoms with E-state index in [-0.39, 0.29) is 34.9 Å². The highest BCUT2D eigenvalue weighted by Gasteiger charge is 2.36. The number of nitrogens with zero attached hydrogens (tertiary/aromatic N) is 3. The van der Waals surface area contributed by atoms with Gasteiger partial charge in [0.1, 0.15) is 22.8 Å². The van der Waals surface area contributed by atoms with Crippen molar-refractivity contribution in [1.82, 2.24) is 9.38 Å². The van der Waals surface area contributed by atoms with Crippen molar-refractivity contribution in [3.63, 3.8) is 0 Å². The van der Waals surface area contributed by atoms with Crippen molar-refractivity contribution >= 4 is 51.2 Å². The van der Waals surface area contributed by atoms with Crippen LogP contribution in [0.4, 0.5) is 11.4 Å². The second-order valence-electron chi connectivity index (χ2n) is 9.40. The number of aryl methyl sites for hydroxylation is 1. The molecule has 0 spiro atoms. The molecule has 0 saturated heterocycles. The smallest absolute Gasteiger partial charge is 0.278 e. The number of phenolic OH excluding ortho intramolecular Hbond substituents is 2. The summed E-state index contributed by atoms with van der Waals surface area (Å²) in [6.45, 7) is 2.37. The summed E-state index contributed by atoms with van der Waals surface area (Å²) in [5.41, 5.74) is 4.30. The summed E-state index contributed by atoms with van der Waals surface area (Å²) < 4.78 is 1.68. The Morgan fingerprint density at radius 1 is 1.08 bits per heavy atom. The number of carbonyl (C=O) groups excluding carboxylic acids is 2. The van der Waals surface area contributed by atoms with Crippen LogP contribution in [0, 0.1) is 6.92 Å². The van der Waals surface area contributed by atoms with E-state index in [4.69, 9.17) is 11.6 Å². The second-order valence-corrected chi connectivity index (χ2v) is 9.71. The van der Waals surface area contributed by atoms with Gasteiger partial charge < -0.3 is 24.8 Å². The van der Waals surface area contributed by atoms with Gasteiger partial charge in [0.05, 0.1) is 11.4 Å². The van der Waals surface area contributed by atoms with Crippen molar-refractivity contribution in [2.75, 3.05) is 22.6 Å². The van der Waals surface area contributed by atoms with Gasteiger partial charge in [-0.2, -0.15) is 0 Å². The van der Waals surface area contributed by atoms with Crippen LogP contribution in [0.1, 0.15) is 37.9 Å². The third-order valence-electron chi connectivity index (χ3n) is 6.96. The predicted octanol–water partition coefficient (Wildman–Crippen LogP) is 5.44. The van der Waals surface area contributed by atoms with Gasteiger partial charge in [-0.15, -0.1) is 11.6 Å². The molecule has 0 aliphatic carbocycles. The normalized spacial score (nSPS) is 14.7. The van der Waals surface area contributed by atoms with Gasteiger partial charge in [0.25, 0.3) is 11.8 Å². The lowest BCUT2D eigenvalue weighted by molar-refractivity contribution is 0.0982. The molecule has 1 aliphatic heterocycles. The number of fused-ring (bicyclic) bond motifs is 4. The van der Waals surface area contributed by atoms with Crippen LogP contribution < -0.4 is 10.2 Å². The number of imidazole rings is 1. The standard InChI is InChI=1S/C29H23ClN4O4/c1-16-3-2-4-21-24(36)11-23-27(26(16)21)18(12-30)13-34(23)29(38)22-15-33-14-19(7-10-25(33)32-22)31-28(37)17-5-8-20(35)9-6-17/h2-11,14-15,18,35-36H,12-13H2,1H3,(H,31,37). The number of hydrogen-bond donors (Lipinski definition) is 3. The summed E-state index contributed by atoms with van der Waals surface area (Å²) in [6.07, 6.45) is 3.30. The largest absolute Gasteiger partial charge is 0.508 e. The topological polar surface area (TPSA) is 107 Å². The number of nitrogens with one attached hydrogen (secondary N) is 1. The van der Waals surface area contributed by atoms with E-state index in [1.165, 1.54) is 24.3 Å². The Balaban J connectivity index is 1.33. The molecule has 6 rings (SSSR count). The zero-order chi connectivity index (χ0) is 26.6. The van der Waals surface area contributed by atoms with Crippen LogP contribution in [0.2, 0.25) is 0 Å². The summed E-state index contributed by atoms with van der Waals surface area (Å²) in [6, 6.07) is 16.8.